The number of fused-ring (bicyclic) bond motifs is 1. The van der Waals surface area contributed by atoms with E-state index in [0.717, 1.165) is 76.5 Å². The van der Waals surface area contributed by atoms with Gasteiger partial charge in [-0.05, 0) is 82.3 Å². The third-order valence-electron chi connectivity index (χ3n) is 7.58. The number of piperazine rings is 1. The van der Waals surface area contributed by atoms with Crippen molar-refractivity contribution in [1.29, 1.82) is 0 Å². The third kappa shape index (κ3) is 4.84. The minimum absolute atomic E-state index is 0.0783. The molecule has 0 spiro atoms. The molecule has 1 saturated heterocycles. The Bertz CT molecular complexity index is 1560. The Kier molecular flexibility index (Phi) is 6.84. The van der Waals surface area contributed by atoms with E-state index in [1.54, 1.807) is 0 Å². The highest BCUT2D eigenvalue weighted by Crippen LogP contribution is 2.33. The number of aromatic nitrogens is 3. The van der Waals surface area contributed by atoms with E-state index in [4.69, 9.17) is 10.7 Å². The van der Waals surface area contributed by atoms with Crippen molar-refractivity contribution in [3.05, 3.63) is 81.0 Å². The van der Waals surface area contributed by atoms with Crippen molar-refractivity contribution in [2.24, 2.45) is 5.73 Å². The van der Waals surface area contributed by atoms with Crippen LogP contribution in [0.4, 0.5) is 5.82 Å². The molecule has 0 saturated carbocycles. The monoisotopic (exact) mass is 512 g/mol. The maximum absolute atomic E-state index is 12.8. The molecule has 0 radical (unpaired) electrons. The summed E-state index contributed by atoms with van der Waals surface area (Å²) in [5, 5.41) is 0.799. The lowest BCUT2D eigenvalue weighted by molar-refractivity contribution is 0.100. The van der Waals surface area contributed by atoms with Gasteiger partial charge in [-0.3, -0.25) is 9.59 Å². The van der Waals surface area contributed by atoms with Gasteiger partial charge in [0, 0.05) is 83.8 Å². The average molecular weight is 513 g/mol. The predicted octanol–water partition coefficient (Wildman–Crippen LogP) is 4.03. The van der Waals surface area contributed by atoms with Crippen LogP contribution in [0.2, 0.25) is 0 Å². The van der Waals surface area contributed by atoms with Gasteiger partial charge in [0.15, 0.2) is 0 Å². The van der Waals surface area contributed by atoms with Gasteiger partial charge in [-0.2, -0.15) is 0 Å². The van der Waals surface area contributed by atoms with Gasteiger partial charge in [0.25, 0.3) is 5.56 Å². The molecule has 1 aromatic carbocycles. The fourth-order valence-electron chi connectivity index (χ4n) is 5.56. The van der Waals surface area contributed by atoms with E-state index in [2.05, 4.69) is 52.4 Å². The number of aromatic amines is 1. The lowest BCUT2D eigenvalue weighted by Crippen LogP contribution is -2.44. The highest BCUT2D eigenvalue weighted by molar-refractivity contribution is 6.08. The van der Waals surface area contributed by atoms with E-state index in [-0.39, 0.29) is 11.6 Å². The van der Waals surface area contributed by atoms with Gasteiger partial charge < -0.3 is 25.1 Å². The van der Waals surface area contributed by atoms with Gasteiger partial charge >= 0.3 is 0 Å². The number of primary amides is 1. The highest BCUT2D eigenvalue weighted by Gasteiger charge is 2.21. The summed E-state index contributed by atoms with van der Waals surface area (Å²) in [4.78, 5) is 37.7. The summed E-state index contributed by atoms with van der Waals surface area (Å²) in [5.74, 6) is 0.486. The summed E-state index contributed by atoms with van der Waals surface area (Å²) < 4.78 is 2.20. The summed E-state index contributed by atoms with van der Waals surface area (Å²) in [6.45, 7) is 12.0. The number of hydrogen-bond donors (Lipinski definition) is 2. The largest absolute Gasteiger partial charge is 0.366 e. The number of rotatable bonds is 6. The first-order valence-corrected chi connectivity index (χ1v) is 13.2. The molecule has 1 aliphatic heterocycles. The van der Waals surface area contributed by atoms with Gasteiger partial charge in [0.1, 0.15) is 5.82 Å². The molecular formula is C30H36N6O2. The zero-order chi connectivity index (χ0) is 27.1. The molecule has 0 bridgehead atoms. The molecule has 8 nitrogen and oxygen atoms in total. The normalized spacial score (nSPS) is 14.5. The Hall–Kier alpha value is -3.91. The second-order valence-corrected chi connectivity index (χ2v) is 10.7. The number of H-pyrrole nitrogens is 1. The number of amides is 1. The summed E-state index contributed by atoms with van der Waals surface area (Å²) in [6.07, 6.45) is 2.33. The first-order chi connectivity index (χ1) is 18.1. The fraction of sp³-hybridized carbons (Fsp3) is 0.367. The quantitative estimate of drug-likeness (QED) is 0.406. The van der Waals surface area contributed by atoms with Gasteiger partial charge in [0.2, 0.25) is 5.91 Å². The number of aryl methyl sites for hydroxylation is 2. The molecule has 4 aromatic rings. The summed E-state index contributed by atoms with van der Waals surface area (Å²) in [6, 6.07) is 12.2. The zero-order valence-electron chi connectivity index (χ0n) is 22.8. The first kappa shape index (κ1) is 25.7. The maximum Gasteiger partial charge on any atom is 0.251 e. The van der Waals surface area contributed by atoms with E-state index in [1.807, 2.05) is 44.3 Å². The molecule has 3 N–H and O–H groups in total. The number of anilines is 1. The van der Waals surface area contributed by atoms with Crippen LogP contribution in [0.15, 0.2) is 47.4 Å². The van der Waals surface area contributed by atoms with Crippen molar-refractivity contribution in [2.45, 2.75) is 40.2 Å². The van der Waals surface area contributed by atoms with Crippen molar-refractivity contribution >= 4 is 22.6 Å². The molecule has 5 rings (SSSR count). The molecular weight excluding hydrogens is 476 g/mol. The predicted molar refractivity (Wildman–Crippen MR) is 153 cm³/mol. The van der Waals surface area contributed by atoms with Crippen molar-refractivity contribution in [3.63, 3.8) is 0 Å². The fourth-order valence-corrected chi connectivity index (χ4v) is 5.56. The number of nitrogens with zero attached hydrogens (tertiary/aromatic N) is 4. The van der Waals surface area contributed by atoms with Gasteiger partial charge in [-0.25, -0.2) is 4.98 Å². The standard InChI is InChI=1S/C30H36N6O2/c1-18(2)36-23(15-24-19(3)12-20(4)33-30(24)38)16-25-26(29(31)37)13-22(14-27(25)36)21-6-7-28(32-17-21)35-10-8-34(5)9-11-35/h6-7,12-14,16-18H,8-11,15H2,1-5H3,(H2,31,37)(H,33,38). The molecule has 0 atom stereocenters. The number of carbonyl (C=O) groups excluding carboxylic acids is 1. The van der Waals surface area contributed by atoms with Crippen LogP contribution in [0.1, 0.15) is 52.8 Å². The van der Waals surface area contributed by atoms with Crippen LogP contribution in [0.3, 0.4) is 0 Å². The number of benzene rings is 1. The van der Waals surface area contributed by atoms with Gasteiger partial charge in [-0.1, -0.05) is 0 Å². The molecule has 0 aliphatic carbocycles. The van der Waals surface area contributed by atoms with Gasteiger partial charge in [-0.15, -0.1) is 0 Å². The Morgan fingerprint density at radius 3 is 2.39 bits per heavy atom. The topological polar surface area (TPSA) is 100 Å². The minimum atomic E-state index is -0.476. The second-order valence-electron chi connectivity index (χ2n) is 10.7. The SMILES string of the molecule is Cc1cc(C)c(Cc2cc3c(C(N)=O)cc(-c4ccc(N5CCN(C)CC5)nc4)cc3n2C(C)C)c(=O)[nH]1. The average Bonchev–Trinajstić information content (AvgIpc) is 3.24. The van der Waals surface area contributed by atoms with Crippen LogP contribution >= 0.6 is 0 Å². The molecule has 1 fully saturated rings. The van der Waals surface area contributed by atoms with Crippen LogP contribution in [0, 0.1) is 13.8 Å². The maximum atomic E-state index is 12.8. The molecule has 4 heterocycles. The van der Waals surface area contributed by atoms with Crippen LogP contribution in [0.25, 0.3) is 22.0 Å². The van der Waals surface area contributed by atoms with Crippen LogP contribution in [-0.2, 0) is 6.42 Å². The number of nitrogens with two attached hydrogens (primary N) is 1. The first-order valence-electron chi connectivity index (χ1n) is 13.2. The van der Waals surface area contributed by atoms with Crippen molar-refractivity contribution in [2.75, 3.05) is 38.1 Å². The molecule has 8 heteroatoms. The smallest absolute Gasteiger partial charge is 0.251 e. The molecule has 1 aliphatic rings. The molecule has 198 valence electrons. The van der Waals surface area contributed by atoms with E-state index >= 15 is 0 Å². The number of nitrogens with one attached hydrogen (secondary N) is 1. The van der Waals surface area contributed by atoms with E-state index in [0.29, 0.717) is 12.0 Å². The molecule has 3 aromatic heterocycles. The Morgan fingerprint density at radius 1 is 1.05 bits per heavy atom. The number of pyridine rings is 2. The number of hydrogen-bond acceptors (Lipinski definition) is 5. The minimum Gasteiger partial charge on any atom is -0.366 e. The summed E-state index contributed by atoms with van der Waals surface area (Å²) in [7, 11) is 2.14. The lowest BCUT2D eigenvalue weighted by atomic mass is 10.0. The summed E-state index contributed by atoms with van der Waals surface area (Å²) >= 11 is 0. The third-order valence-corrected chi connectivity index (χ3v) is 7.58. The molecule has 1 amide bonds. The number of carbonyl (C=O) groups is 1. The van der Waals surface area contributed by atoms with E-state index < -0.39 is 5.91 Å². The van der Waals surface area contributed by atoms with Crippen LogP contribution in [0.5, 0.6) is 0 Å². The Balaban J connectivity index is 1.59. The van der Waals surface area contributed by atoms with Gasteiger partial charge in [0.05, 0.1) is 0 Å². The van der Waals surface area contributed by atoms with E-state index in [1.165, 1.54) is 0 Å². The molecule has 0 unspecified atom stereocenters. The van der Waals surface area contributed by atoms with Crippen molar-refractivity contribution in [1.82, 2.24) is 19.4 Å². The van der Waals surface area contributed by atoms with Crippen molar-refractivity contribution in [3.8, 4) is 11.1 Å². The zero-order valence-corrected chi connectivity index (χ0v) is 22.8. The lowest BCUT2D eigenvalue weighted by Gasteiger charge is -2.33. The Labute approximate surface area is 223 Å². The molecule has 38 heavy (non-hydrogen) atoms. The second kappa shape index (κ2) is 10.1. The van der Waals surface area contributed by atoms with Crippen LogP contribution in [-0.4, -0.2) is 58.6 Å². The summed E-state index contributed by atoms with van der Waals surface area (Å²) in [5.41, 5.74) is 12.5. The van der Waals surface area contributed by atoms with Crippen LogP contribution < -0.4 is 16.2 Å². The van der Waals surface area contributed by atoms with Crippen molar-refractivity contribution < 1.29 is 4.79 Å². The van der Waals surface area contributed by atoms with E-state index in [9.17, 15) is 9.59 Å². The Morgan fingerprint density at radius 2 is 1.79 bits per heavy atom. The number of likely N-dealkylation sites (N-methyl/N-ethyl adjacent to an activating group) is 1. The highest BCUT2D eigenvalue weighted by atomic mass is 16.1.